The summed E-state index contributed by atoms with van der Waals surface area (Å²) < 4.78 is 7.78. The number of ether oxygens (including phenoxy) is 1. The van der Waals surface area contributed by atoms with Crippen LogP contribution >= 0.6 is 11.6 Å². The van der Waals surface area contributed by atoms with Crippen molar-refractivity contribution in [3.8, 4) is 5.75 Å². The predicted octanol–water partition coefficient (Wildman–Crippen LogP) is 4.96. The van der Waals surface area contributed by atoms with Crippen molar-refractivity contribution < 1.29 is 14.6 Å². The van der Waals surface area contributed by atoms with Crippen LogP contribution in [-0.2, 0) is 11.3 Å². The van der Waals surface area contributed by atoms with E-state index in [9.17, 15) is 9.90 Å². The standard InChI is InChI=1S/C27H26ClN3O3/c1-18-6-2-4-8-24(18)30-15-19(14-26(30)33)27-29-23-7-3-5-9-25(23)31(27)16-21(32)17-34-22-12-10-20(28)11-13-22/h2-13,19,21,32H,14-17H2,1H3. The van der Waals surface area contributed by atoms with E-state index in [1.54, 1.807) is 24.3 Å². The van der Waals surface area contributed by atoms with Crippen molar-refractivity contribution in [3.05, 3.63) is 89.2 Å². The second-order valence-corrected chi connectivity index (χ2v) is 9.12. The summed E-state index contributed by atoms with van der Waals surface area (Å²) in [5, 5.41) is 11.4. The van der Waals surface area contributed by atoms with E-state index < -0.39 is 6.10 Å². The first-order valence-corrected chi connectivity index (χ1v) is 11.7. The number of rotatable bonds is 7. The van der Waals surface area contributed by atoms with E-state index in [2.05, 4.69) is 0 Å². The number of imidazole rings is 1. The van der Waals surface area contributed by atoms with Crippen molar-refractivity contribution in [2.75, 3.05) is 18.1 Å². The molecule has 2 unspecified atom stereocenters. The molecule has 2 atom stereocenters. The lowest BCUT2D eigenvalue weighted by Gasteiger charge is -2.20. The number of halogens is 1. The van der Waals surface area contributed by atoms with Crippen molar-refractivity contribution in [3.63, 3.8) is 0 Å². The number of amides is 1. The zero-order chi connectivity index (χ0) is 23.7. The molecule has 34 heavy (non-hydrogen) atoms. The molecule has 3 aromatic carbocycles. The van der Waals surface area contributed by atoms with Crippen molar-refractivity contribution in [2.24, 2.45) is 0 Å². The van der Waals surface area contributed by atoms with Gasteiger partial charge >= 0.3 is 0 Å². The fraction of sp³-hybridized carbons (Fsp3) is 0.259. The summed E-state index contributed by atoms with van der Waals surface area (Å²) in [5.74, 6) is 1.49. The molecule has 1 aromatic heterocycles. The molecule has 0 saturated carbocycles. The smallest absolute Gasteiger partial charge is 0.227 e. The van der Waals surface area contributed by atoms with Crippen LogP contribution in [0.25, 0.3) is 11.0 Å². The maximum Gasteiger partial charge on any atom is 0.227 e. The van der Waals surface area contributed by atoms with E-state index >= 15 is 0 Å². The first kappa shape index (κ1) is 22.4. The molecule has 0 spiro atoms. The van der Waals surface area contributed by atoms with Crippen molar-refractivity contribution in [1.82, 2.24) is 9.55 Å². The van der Waals surface area contributed by atoms with Crippen LogP contribution in [0, 0.1) is 6.92 Å². The Hall–Kier alpha value is -3.35. The number of anilines is 1. The highest BCUT2D eigenvalue weighted by Gasteiger charge is 2.35. The minimum absolute atomic E-state index is 0.0658. The lowest BCUT2D eigenvalue weighted by atomic mass is 10.1. The molecule has 2 heterocycles. The van der Waals surface area contributed by atoms with Crippen LogP contribution in [-0.4, -0.2) is 39.8 Å². The van der Waals surface area contributed by atoms with E-state index in [0.717, 1.165) is 28.1 Å². The molecular weight excluding hydrogens is 450 g/mol. The number of hydrogen-bond acceptors (Lipinski definition) is 4. The normalized spacial score (nSPS) is 16.9. The van der Waals surface area contributed by atoms with Gasteiger partial charge in [-0.2, -0.15) is 0 Å². The molecular formula is C27H26ClN3O3. The molecule has 7 heteroatoms. The molecule has 1 N–H and O–H groups in total. The number of benzene rings is 3. The van der Waals surface area contributed by atoms with Gasteiger partial charge in [0.05, 0.1) is 17.6 Å². The van der Waals surface area contributed by atoms with Gasteiger partial charge in [0.1, 0.15) is 24.3 Å². The van der Waals surface area contributed by atoms with Gasteiger partial charge in [-0.3, -0.25) is 4.79 Å². The quantitative estimate of drug-likeness (QED) is 0.410. The molecule has 1 saturated heterocycles. The first-order chi connectivity index (χ1) is 16.5. The first-order valence-electron chi connectivity index (χ1n) is 11.4. The Bertz CT molecular complexity index is 1320. The molecule has 0 aliphatic carbocycles. The number of aliphatic hydroxyl groups excluding tert-OH is 1. The highest BCUT2D eigenvalue weighted by atomic mass is 35.5. The van der Waals surface area contributed by atoms with Crippen LogP contribution in [0.4, 0.5) is 5.69 Å². The Morgan fingerprint density at radius 1 is 1.09 bits per heavy atom. The number of aromatic nitrogens is 2. The topological polar surface area (TPSA) is 67.6 Å². The number of para-hydroxylation sites is 3. The number of aliphatic hydroxyl groups is 1. The molecule has 174 valence electrons. The van der Waals surface area contributed by atoms with Gasteiger partial charge in [0.2, 0.25) is 5.91 Å². The summed E-state index contributed by atoms with van der Waals surface area (Å²) in [4.78, 5) is 19.7. The fourth-order valence-corrected chi connectivity index (χ4v) is 4.69. The highest BCUT2D eigenvalue weighted by Crippen LogP contribution is 2.34. The number of aryl methyl sites for hydroxylation is 1. The maximum absolute atomic E-state index is 13.0. The van der Waals surface area contributed by atoms with E-state index in [4.69, 9.17) is 21.3 Å². The summed E-state index contributed by atoms with van der Waals surface area (Å²) in [6.45, 7) is 3.03. The minimum Gasteiger partial charge on any atom is -0.491 e. The van der Waals surface area contributed by atoms with Gasteiger partial charge in [-0.05, 0) is 55.0 Å². The molecule has 1 fully saturated rings. The predicted molar refractivity (Wildman–Crippen MR) is 134 cm³/mol. The van der Waals surface area contributed by atoms with Gasteiger partial charge in [0, 0.05) is 29.6 Å². The summed E-state index contributed by atoms with van der Waals surface area (Å²) in [7, 11) is 0. The Kier molecular flexibility index (Phi) is 6.26. The average Bonchev–Trinajstić information content (AvgIpc) is 3.39. The summed E-state index contributed by atoms with van der Waals surface area (Å²) in [5.41, 5.74) is 3.80. The highest BCUT2D eigenvalue weighted by molar-refractivity contribution is 6.30. The van der Waals surface area contributed by atoms with Crippen molar-refractivity contribution in [1.29, 1.82) is 0 Å². The van der Waals surface area contributed by atoms with E-state index in [-0.39, 0.29) is 18.4 Å². The Morgan fingerprint density at radius 3 is 2.62 bits per heavy atom. The third-order valence-electron chi connectivity index (χ3n) is 6.23. The average molecular weight is 476 g/mol. The number of hydrogen-bond donors (Lipinski definition) is 1. The number of carbonyl (C=O) groups excluding carboxylic acids is 1. The SMILES string of the molecule is Cc1ccccc1N1CC(c2nc3ccccc3n2CC(O)COc2ccc(Cl)cc2)CC1=O. The van der Waals surface area contributed by atoms with E-state index in [1.807, 2.05) is 64.9 Å². The van der Waals surface area contributed by atoms with Crippen LogP contribution in [0.1, 0.15) is 23.7 Å². The number of fused-ring (bicyclic) bond motifs is 1. The van der Waals surface area contributed by atoms with Crippen LogP contribution in [0.15, 0.2) is 72.8 Å². The second kappa shape index (κ2) is 9.49. The monoisotopic (exact) mass is 475 g/mol. The fourth-order valence-electron chi connectivity index (χ4n) is 4.56. The van der Waals surface area contributed by atoms with Crippen LogP contribution < -0.4 is 9.64 Å². The van der Waals surface area contributed by atoms with Crippen LogP contribution in [0.5, 0.6) is 5.75 Å². The van der Waals surface area contributed by atoms with Crippen molar-refractivity contribution >= 4 is 34.2 Å². The molecule has 6 nitrogen and oxygen atoms in total. The maximum atomic E-state index is 13.0. The Balaban J connectivity index is 1.38. The van der Waals surface area contributed by atoms with Gasteiger partial charge in [-0.15, -0.1) is 0 Å². The lowest BCUT2D eigenvalue weighted by Crippen LogP contribution is -2.27. The van der Waals surface area contributed by atoms with Crippen molar-refractivity contribution in [2.45, 2.75) is 31.9 Å². The molecule has 5 rings (SSSR count). The summed E-state index contributed by atoms with van der Waals surface area (Å²) in [6, 6.07) is 22.8. The Labute approximate surface area is 203 Å². The molecule has 0 radical (unpaired) electrons. The molecule has 1 amide bonds. The van der Waals surface area contributed by atoms with Gasteiger partial charge < -0.3 is 19.3 Å². The van der Waals surface area contributed by atoms with E-state index in [1.165, 1.54) is 0 Å². The zero-order valence-electron chi connectivity index (χ0n) is 18.9. The van der Waals surface area contributed by atoms with Gasteiger partial charge in [-0.25, -0.2) is 4.98 Å². The van der Waals surface area contributed by atoms with Gasteiger partial charge in [-0.1, -0.05) is 41.9 Å². The van der Waals surface area contributed by atoms with Crippen LogP contribution in [0.3, 0.4) is 0 Å². The third kappa shape index (κ3) is 4.52. The summed E-state index contributed by atoms with van der Waals surface area (Å²) in [6.07, 6.45) is -0.369. The Morgan fingerprint density at radius 2 is 1.82 bits per heavy atom. The molecule has 1 aliphatic rings. The van der Waals surface area contributed by atoms with E-state index in [0.29, 0.717) is 30.3 Å². The second-order valence-electron chi connectivity index (χ2n) is 8.68. The zero-order valence-corrected chi connectivity index (χ0v) is 19.7. The summed E-state index contributed by atoms with van der Waals surface area (Å²) >= 11 is 5.93. The largest absolute Gasteiger partial charge is 0.491 e. The van der Waals surface area contributed by atoms with Gasteiger partial charge in [0.15, 0.2) is 0 Å². The van der Waals surface area contributed by atoms with Crippen LogP contribution in [0.2, 0.25) is 5.02 Å². The number of nitrogens with zero attached hydrogens (tertiary/aromatic N) is 3. The lowest BCUT2D eigenvalue weighted by molar-refractivity contribution is -0.117. The third-order valence-corrected chi connectivity index (χ3v) is 6.48. The minimum atomic E-state index is -0.753. The molecule has 0 bridgehead atoms. The van der Waals surface area contributed by atoms with Gasteiger partial charge in [0.25, 0.3) is 0 Å². The number of carbonyl (C=O) groups is 1. The molecule has 1 aliphatic heterocycles. The molecule has 4 aromatic rings.